The summed E-state index contributed by atoms with van der Waals surface area (Å²) in [5.74, 6) is -0.398. The number of pyridine rings is 2. The number of methoxy groups -OCH3 is 1. The van der Waals surface area contributed by atoms with Crippen LogP contribution in [0.1, 0.15) is 5.56 Å². The van der Waals surface area contributed by atoms with Gasteiger partial charge in [0.25, 0.3) is 0 Å². The van der Waals surface area contributed by atoms with Gasteiger partial charge in [-0.1, -0.05) is 18.2 Å². The van der Waals surface area contributed by atoms with Crippen molar-refractivity contribution in [1.82, 2.24) is 9.97 Å². The van der Waals surface area contributed by atoms with E-state index in [0.29, 0.717) is 33.7 Å². The highest BCUT2D eigenvalue weighted by Gasteiger charge is 2.22. The summed E-state index contributed by atoms with van der Waals surface area (Å²) < 4.78 is 36.4. The topological polar surface area (TPSA) is 35.0 Å². The Morgan fingerprint density at radius 1 is 0.629 bits per heavy atom. The summed E-state index contributed by atoms with van der Waals surface area (Å²) in [6, 6.07) is 24.5. The Labute approximate surface area is 202 Å². The van der Waals surface area contributed by atoms with Crippen molar-refractivity contribution in [2.24, 2.45) is 0 Å². The standard InChI is InChI=1S/C30H22F2N2O/c1-19-9-14-28(35-2)30(23-18-21(11-13-25(23)32)27-8-4-6-16-34-27)29(19)22-17-20(10-12-24(22)31)26-7-3-5-15-33-26/h3-18H,1-2H3. The number of benzene rings is 3. The molecule has 0 bridgehead atoms. The summed E-state index contributed by atoms with van der Waals surface area (Å²) in [5.41, 5.74) is 5.45. The zero-order valence-electron chi connectivity index (χ0n) is 19.3. The van der Waals surface area contributed by atoms with Crippen molar-refractivity contribution in [2.45, 2.75) is 6.92 Å². The van der Waals surface area contributed by atoms with Crippen LogP contribution in [0.5, 0.6) is 5.75 Å². The zero-order chi connectivity index (χ0) is 24.4. The van der Waals surface area contributed by atoms with Crippen LogP contribution >= 0.6 is 0 Å². The van der Waals surface area contributed by atoms with Crippen LogP contribution in [-0.4, -0.2) is 17.1 Å². The molecule has 5 aromatic rings. The maximum absolute atomic E-state index is 15.4. The minimum Gasteiger partial charge on any atom is -0.496 e. The minimum atomic E-state index is -0.434. The van der Waals surface area contributed by atoms with Crippen LogP contribution in [0.4, 0.5) is 8.78 Å². The Balaban J connectivity index is 1.78. The van der Waals surface area contributed by atoms with Gasteiger partial charge >= 0.3 is 0 Å². The minimum absolute atomic E-state index is 0.311. The molecule has 3 aromatic carbocycles. The lowest BCUT2D eigenvalue weighted by molar-refractivity contribution is 0.416. The van der Waals surface area contributed by atoms with Crippen LogP contribution in [0.3, 0.4) is 0 Å². The fourth-order valence-corrected chi connectivity index (χ4v) is 4.29. The highest BCUT2D eigenvalue weighted by molar-refractivity contribution is 5.92. The van der Waals surface area contributed by atoms with Crippen molar-refractivity contribution in [3.05, 3.63) is 115 Å². The van der Waals surface area contributed by atoms with E-state index in [4.69, 9.17) is 4.74 Å². The molecular formula is C30H22F2N2O. The highest BCUT2D eigenvalue weighted by Crippen LogP contribution is 2.44. The highest BCUT2D eigenvalue weighted by atomic mass is 19.1. The normalized spacial score (nSPS) is 10.9. The SMILES string of the molecule is COc1ccc(C)c(-c2cc(-c3ccccn3)ccc2F)c1-c1cc(-c2ccccn2)ccc1F. The van der Waals surface area contributed by atoms with E-state index in [9.17, 15) is 0 Å². The third-order valence-electron chi connectivity index (χ3n) is 5.99. The Bertz CT molecular complexity index is 1500. The summed E-state index contributed by atoms with van der Waals surface area (Å²) in [4.78, 5) is 8.79. The van der Waals surface area contributed by atoms with E-state index in [-0.39, 0.29) is 0 Å². The molecule has 0 fully saturated rings. The van der Waals surface area contributed by atoms with E-state index in [1.807, 2.05) is 49.4 Å². The van der Waals surface area contributed by atoms with Crippen molar-refractivity contribution >= 4 is 0 Å². The fraction of sp³-hybridized carbons (Fsp3) is 0.0667. The Morgan fingerprint density at radius 2 is 1.17 bits per heavy atom. The van der Waals surface area contributed by atoms with Gasteiger partial charge in [-0.2, -0.15) is 0 Å². The molecule has 0 aliphatic carbocycles. The van der Waals surface area contributed by atoms with Crippen LogP contribution < -0.4 is 4.74 Å². The summed E-state index contributed by atoms with van der Waals surface area (Å²) in [7, 11) is 1.53. The van der Waals surface area contributed by atoms with E-state index in [0.717, 1.165) is 22.4 Å². The first-order chi connectivity index (χ1) is 17.1. The quantitative estimate of drug-likeness (QED) is 0.267. The van der Waals surface area contributed by atoms with E-state index < -0.39 is 11.6 Å². The maximum Gasteiger partial charge on any atom is 0.131 e. The second-order valence-corrected chi connectivity index (χ2v) is 8.15. The molecule has 2 heterocycles. The number of ether oxygens (including phenoxy) is 1. The molecule has 0 spiro atoms. The number of rotatable bonds is 5. The Hall–Kier alpha value is -4.38. The molecule has 5 heteroatoms. The number of aromatic nitrogens is 2. The van der Waals surface area contributed by atoms with Gasteiger partial charge in [-0.05, 0) is 84.8 Å². The predicted octanol–water partition coefficient (Wildman–Crippen LogP) is 7.74. The predicted molar refractivity (Wildman–Crippen MR) is 135 cm³/mol. The third kappa shape index (κ3) is 4.28. The molecule has 0 aliphatic rings. The van der Waals surface area contributed by atoms with Crippen LogP contribution in [-0.2, 0) is 0 Å². The maximum atomic E-state index is 15.4. The van der Waals surface area contributed by atoms with Gasteiger partial charge in [0, 0.05) is 40.2 Å². The van der Waals surface area contributed by atoms with Crippen molar-refractivity contribution in [1.29, 1.82) is 0 Å². The molecule has 0 saturated carbocycles. The van der Waals surface area contributed by atoms with Crippen molar-refractivity contribution < 1.29 is 13.5 Å². The van der Waals surface area contributed by atoms with E-state index in [1.54, 1.807) is 42.7 Å². The van der Waals surface area contributed by atoms with E-state index in [1.165, 1.54) is 19.2 Å². The van der Waals surface area contributed by atoms with Crippen molar-refractivity contribution in [3.63, 3.8) is 0 Å². The van der Waals surface area contributed by atoms with Crippen LogP contribution in [0.15, 0.2) is 97.3 Å². The molecule has 2 aromatic heterocycles. The lowest BCUT2D eigenvalue weighted by Gasteiger charge is -2.19. The Morgan fingerprint density at radius 3 is 1.66 bits per heavy atom. The number of halogens is 2. The first-order valence-electron chi connectivity index (χ1n) is 11.2. The molecular weight excluding hydrogens is 442 g/mol. The zero-order valence-corrected chi connectivity index (χ0v) is 19.3. The van der Waals surface area contributed by atoms with Gasteiger partial charge in [0.05, 0.1) is 18.5 Å². The van der Waals surface area contributed by atoms with Crippen molar-refractivity contribution in [2.75, 3.05) is 7.11 Å². The molecule has 0 unspecified atom stereocenters. The van der Waals surface area contributed by atoms with Gasteiger partial charge in [-0.25, -0.2) is 8.78 Å². The molecule has 35 heavy (non-hydrogen) atoms. The van der Waals surface area contributed by atoms with E-state index in [2.05, 4.69) is 9.97 Å². The molecule has 0 radical (unpaired) electrons. The van der Waals surface area contributed by atoms with Gasteiger partial charge in [-0.3, -0.25) is 9.97 Å². The van der Waals surface area contributed by atoms with Crippen LogP contribution in [0.2, 0.25) is 0 Å². The average molecular weight is 465 g/mol. The number of hydrogen-bond acceptors (Lipinski definition) is 3. The number of hydrogen-bond donors (Lipinski definition) is 0. The van der Waals surface area contributed by atoms with Gasteiger partial charge in [0.15, 0.2) is 0 Å². The molecule has 0 saturated heterocycles. The molecule has 0 atom stereocenters. The van der Waals surface area contributed by atoms with Crippen molar-refractivity contribution in [3.8, 4) is 50.5 Å². The monoisotopic (exact) mass is 464 g/mol. The molecule has 3 nitrogen and oxygen atoms in total. The molecule has 0 N–H and O–H groups in total. The van der Waals surface area contributed by atoms with Gasteiger partial charge in [-0.15, -0.1) is 0 Å². The third-order valence-corrected chi connectivity index (χ3v) is 5.99. The van der Waals surface area contributed by atoms with Gasteiger partial charge in [0.2, 0.25) is 0 Å². The first-order valence-corrected chi connectivity index (χ1v) is 11.2. The van der Waals surface area contributed by atoms with Crippen LogP contribution in [0, 0.1) is 18.6 Å². The average Bonchev–Trinajstić information content (AvgIpc) is 2.90. The summed E-state index contributed by atoms with van der Waals surface area (Å²) >= 11 is 0. The lowest BCUT2D eigenvalue weighted by atomic mass is 9.88. The molecule has 172 valence electrons. The number of aryl methyl sites for hydroxylation is 1. The summed E-state index contributed by atoms with van der Waals surface area (Å²) in [6.45, 7) is 1.88. The van der Waals surface area contributed by atoms with Gasteiger partial charge < -0.3 is 4.74 Å². The largest absolute Gasteiger partial charge is 0.496 e. The molecule has 0 aliphatic heterocycles. The number of nitrogens with zero attached hydrogens (tertiary/aromatic N) is 2. The molecule has 5 rings (SSSR count). The second kappa shape index (κ2) is 9.47. The smallest absolute Gasteiger partial charge is 0.131 e. The van der Waals surface area contributed by atoms with E-state index >= 15 is 8.78 Å². The summed E-state index contributed by atoms with van der Waals surface area (Å²) in [5, 5.41) is 0. The Kier molecular flexibility index (Phi) is 6.06. The summed E-state index contributed by atoms with van der Waals surface area (Å²) in [6.07, 6.45) is 3.38. The van der Waals surface area contributed by atoms with Crippen LogP contribution in [0.25, 0.3) is 44.8 Å². The van der Waals surface area contributed by atoms with Gasteiger partial charge in [0.1, 0.15) is 17.4 Å². The lowest BCUT2D eigenvalue weighted by Crippen LogP contribution is -1.99. The first kappa shape index (κ1) is 22.4. The fourth-order valence-electron chi connectivity index (χ4n) is 4.29. The molecule has 0 amide bonds. The second-order valence-electron chi connectivity index (χ2n) is 8.15.